The van der Waals surface area contributed by atoms with Gasteiger partial charge in [-0.3, -0.25) is 19.9 Å². The van der Waals surface area contributed by atoms with E-state index in [2.05, 4.69) is 21.2 Å². The molecule has 12 nitrogen and oxygen atoms in total. The van der Waals surface area contributed by atoms with Crippen molar-refractivity contribution in [2.75, 3.05) is 16.8 Å². The number of nitrogens with zero attached hydrogens (tertiary/aromatic N) is 1. The predicted molar refractivity (Wildman–Crippen MR) is 155 cm³/mol. The molecule has 1 aliphatic rings. The fraction of sp³-hybridized carbons (Fsp3) is 0.0417. The van der Waals surface area contributed by atoms with E-state index in [0.29, 0.717) is 15.7 Å². The molecule has 0 aliphatic carbocycles. The zero-order valence-corrected chi connectivity index (χ0v) is 24.2. The summed E-state index contributed by atoms with van der Waals surface area (Å²) < 4.78 is 52.2. The smallest absolute Gasteiger partial charge is 0.271 e. The molecule has 1 heterocycles. The highest BCUT2D eigenvalue weighted by atomic mass is 79.9. The first kappa shape index (κ1) is 29.4. The van der Waals surface area contributed by atoms with E-state index in [0.717, 1.165) is 16.7 Å². The molecule has 40 heavy (non-hydrogen) atoms. The minimum atomic E-state index is -3.91. The number of rotatable bonds is 8. The van der Waals surface area contributed by atoms with Crippen LogP contribution in [0.1, 0.15) is 5.56 Å². The van der Waals surface area contributed by atoms with E-state index >= 15 is 0 Å². The molecule has 0 saturated carbocycles. The van der Waals surface area contributed by atoms with E-state index in [-0.39, 0.29) is 31.3 Å². The normalized spacial score (nSPS) is 15.0. The number of primary sulfonamides is 2. The number of amidine groups is 1. The van der Waals surface area contributed by atoms with Gasteiger partial charge < -0.3 is 10.1 Å². The highest BCUT2D eigenvalue weighted by molar-refractivity contribution is 9.10. The van der Waals surface area contributed by atoms with Gasteiger partial charge >= 0.3 is 0 Å². The SMILES string of the molecule is N=C1S/C(=C\c2cc(Br)ccc2OCC(=O)Nc2ccc(S(N)(=O)=O)cc2)C(=O)N1c1ccc(S(N)(=O)=O)cc1. The van der Waals surface area contributed by atoms with Crippen molar-refractivity contribution in [2.24, 2.45) is 10.3 Å². The summed E-state index contributed by atoms with van der Waals surface area (Å²) >= 11 is 4.27. The fourth-order valence-electron chi connectivity index (χ4n) is 3.48. The molecule has 1 aliphatic heterocycles. The van der Waals surface area contributed by atoms with Gasteiger partial charge in [0.25, 0.3) is 11.8 Å². The first-order valence-corrected chi connectivity index (χ1v) is 15.7. The largest absolute Gasteiger partial charge is 0.483 e. The molecule has 6 N–H and O–H groups in total. The summed E-state index contributed by atoms with van der Waals surface area (Å²) in [6, 6.07) is 15.5. The summed E-state index contributed by atoms with van der Waals surface area (Å²) in [6.45, 7) is -0.395. The molecule has 4 rings (SSSR count). The van der Waals surface area contributed by atoms with Crippen molar-refractivity contribution < 1.29 is 31.2 Å². The maximum Gasteiger partial charge on any atom is 0.271 e. The highest BCUT2D eigenvalue weighted by Gasteiger charge is 2.34. The van der Waals surface area contributed by atoms with Crippen molar-refractivity contribution in [3.05, 3.63) is 81.7 Å². The molecule has 0 atom stereocenters. The van der Waals surface area contributed by atoms with Crippen LogP contribution >= 0.6 is 27.7 Å². The molecular weight excluding hydrogens is 646 g/mol. The molecule has 0 bridgehead atoms. The van der Waals surface area contributed by atoms with Crippen LogP contribution in [-0.4, -0.2) is 40.4 Å². The van der Waals surface area contributed by atoms with E-state index in [1.807, 2.05) is 0 Å². The van der Waals surface area contributed by atoms with Gasteiger partial charge in [0, 0.05) is 15.7 Å². The number of nitrogens with two attached hydrogens (primary N) is 2. The number of hydrogen-bond donors (Lipinski definition) is 4. The number of benzene rings is 3. The number of sulfonamides is 2. The van der Waals surface area contributed by atoms with E-state index in [4.69, 9.17) is 20.4 Å². The van der Waals surface area contributed by atoms with Gasteiger partial charge in [0.05, 0.1) is 20.4 Å². The van der Waals surface area contributed by atoms with Crippen LogP contribution in [0.2, 0.25) is 0 Å². The molecule has 16 heteroatoms. The first-order chi connectivity index (χ1) is 18.7. The summed E-state index contributed by atoms with van der Waals surface area (Å²) in [5.41, 5.74) is 1.08. The van der Waals surface area contributed by atoms with Crippen LogP contribution in [0.4, 0.5) is 11.4 Å². The number of carbonyl (C=O) groups excluding carboxylic acids is 2. The van der Waals surface area contributed by atoms with Crippen LogP contribution < -0.4 is 25.2 Å². The number of thioether (sulfide) groups is 1. The molecule has 0 spiro atoms. The Balaban J connectivity index is 1.49. The van der Waals surface area contributed by atoms with E-state index < -0.39 is 38.5 Å². The maximum atomic E-state index is 13.1. The number of halogens is 1. The minimum absolute atomic E-state index is 0.0927. The number of ether oxygens (including phenoxy) is 1. The Hall–Kier alpha value is -3.54. The fourth-order valence-corrected chi connectivity index (χ4v) is 5.74. The summed E-state index contributed by atoms with van der Waals surface area (Å²) in [7, 11) is -7.78. The van der Waals surface area contributed by atoms with Crippen LogP contribution in [0.25, 0.3) is 6.08 Å². The second-order valence-corrected chi connectivity index (χ2v) is 13.3. The molecule has 0 aromatic heterocycles. The van der Waals surface area contributed by atoms with Crippen LogP contribution in [0.15, 0.2) is 85.9 Å². The van der Waals surface area contributed by atoms with Crippen molar-refractivity contribution in [1.29, 1.82) is 5.41 Å². The van der Waals surface area contributed by atoms with Crippen molar-refractivity contribution in [3.8, 4) is 5.75 Å². The van der Waals surface area contributed by atoms with Crippen LogP contribution in [0.3, 0.4) is 0 Å². The number of nitrogens with one attached hydrogen (secondary N) is 2. The average molecular weight is 667 g/mol. The zero-order chi connectivity index (χ0) is 29.2. The minimum Gasteiger partial charge on any atom is -0.483 e. The van der Waals surface area contributed by atoms with Gasteiger partial charge in [-0.2, -0.15) is 0 Å². The molecule has 1 saturated heterocycles. The van der Waals surface area contributed by atoms with E-state index in [1.54, 1.807) is 18.2 Å². The zero-order valence-electron chi connectivity index (χ0n) is 20.2. The van der Waals surface area contributed by atoms with Crippen LogP contribution in [-0.2, 0) is 29.6 Å². The summed E-state index contributed by atoms with van der Waals surface area (Å²) in [5.74, 6) is -0.747. The third-order valence-corrected chi connectivity index (χ3v) is 8.57. The number of anilines is 2. The summed E-state index contributed by atoms with van der Waals surface area (Å²) in [5, 5.41) is 21.0. The number of amides is 2. The number of hydrogen-bond acceptors (Lipinski definition) is 9. The molecule has 208 valence electrons. The average Bonchev–Trinajstić information content (AvgIpc) is 3.15. The van der Waals surface area contributed by atoms with E-state index in [9.17, 15) is 26.4 Å². The molecule has 2 amide bonds. The number of carbonyl (C=O) groups is 2. The molecule has 3 aromatic carbocycles. The Morgan fingerprint density at radius 2 is 1.55 bits per heavy atom. The topological polar surface area (TPSA) is 203 Å². The second-order valence-electron chi connectivity index (χ2n) is 8.18. The monoisotopic (exact) mass is 665 g/mol. The Morgan fingerprint density at radius 1 is 0.975 bits per heavy atom. The summed E-state index contributed by atoms with van der Waals surface area (Å²) in [6.07, 6.45) is 1.52. The first-order valence-electron chi connectivity index (χ1n) is 11.0. The molecule has 0 radical (unpaired) electrons. The quantitative estimate of drug-likeness (QED) is 0.263. The molecule has 3 aromatic rings. The van der Waals surface area contributed by atoms with Crippen molar-refractivity contribution >= 4 is 82.2 Å². The Kier molecular flexibility index (Phi) is 8.48. The van der Waals surface area contributed by atoms with Gasteiger partial charge in [0.1, 0.15) is 5.75 Å². The van der Waals surface area contributed by atoms with Crippen molar-refractivity contribution in [2.45, 2.75) is 9.79 Å². The predicted octanol–water partition coefficient (Wildman–Crippen LogP) is 2.82. The van der Waals surface area contributed by atoms with Gasteiger partial charge in [0.15, 0.2) is 11.8 Å². The lowest BCUT2D eigenvalue weighted by molar-refractivity contribution is -0.118. The third-order valence-electron chi connectivity index (χ3n) is 5.33. The van der Waals surface area contributed by atoms with Gasteiger partial charge in [-0.05, 0) is 84.6 Å². The lowest BCUT2D eigenvalue weighted by Gasteiger charge is -2.14. The second kappa shape index (κ2) is 11.5. The standard InChI is InChI=1S/C24H20BrN5O7S3/c25-15-1-10-20(37-13-22(31)29-16-2-6-18(7-3-16)39(27,33)34)14(11-15)12-21-23(32)30(24(26)38-21)17-4-8-19(9-5-17)40(28,35)36/h1-12,26H,13H2,(H,29,31)(H2,27,33,34)(H2,28,35,36)/b21-12-,26-24?. The van der Waals surface area contributed by atoms with Crippen LogP contribution in [0.5, 0.6) is 5.75 Å². The van der Waals surface area contributed by atoms with Gasteiger partial charge in [-0.15, -0.1) is 0 Å². The third kappa shape index (κ3) is 6.96. The lowest BCUT2D eigenvalue weighted by atomic mass is 10.2. The summed E-state index contributed by atoms with van der Waals surface area (Å²) in [4.78, 5) is 26.7. The maximum absolute atomic E-state index is 13.1. The van der Waals surface area contributed by atoms with Crippen molar-refractivity contribution in [3.63, 3.8) is 0 Å². The van der Waals surface area contributed by atoms with E-state index in [1.165, 1.54) is 54.6 Å². The van der Waals surface area contributed by atoms with Gasteiger partial charge in [-0.1, -0.05) is 15.9 Å². The molecule has 0 unspecified atom stereocenters. The van der Waals surface area contributed by atoms with Crippen LogP contribution in [0, 0.1) is 5.41 Å². The lowest BCUT2D eigenvalue weighted by Crippen LogP contribution is -2.28. The van der Waals surface area contributed by atoms with Gasteiger partial charge in [0.2, 0.25) is 20.0 Å². The van der Waals surface area contributed by atoms with Crippen molar-refractivity contribution in [1.82, 2.24) is 0 Å². The molecular formula is C24H20BrN5O7S3. The Labute approximate surface area is 242 Å². The highest BCUT2D eigenvalue weighted by Crippen LogP contribution is 2.37. The Morgan fingerprint density at radius 3 is 2.12 bits per heavy atom. The Bertz CT molecular complexity index is 1760. The molecule has 1 fully saturated rings. The van der Waals surface area contributed by atoms with Gasteiger partial charge in [-0.25, -0.2) is 27.1 Å².